The van der Waals surface area contributed by atoms with Gasteiger partial charge in [0.1, 0.15) is 0 Å². The van der Waals surface area contributed by atoms with Crippen molar-refractivity contribution in [3.05, 3.63) is 70.8 Å². The first kappa shape index (κ1) is 20.8. The Balaban J connectivity index is 1.51. The number of benzene rings is 2. The van der Waals surface area contributed by atoms with Crippen LogP contribution in [0.4, 0.5) is 0 Å². The van der Waals surface area contributed by atoms with Crippen molar-refractivity contribution in [3.63, 3.8) is 0 Å². The number of likely N-dealkylation sites (N-methyl/N-ethyl adjacent to an activating group) is 1. The summed E-state index contributed by atoms with van der Waals surface area (Å²) in [5, 5.41) is 0. The highest BCUT2D eigenvalue weighted by molar-refractivity contribution is 7.89. The zero-order valence-electron chi connectivity index (χ0n) is 17.5. The second kappa shape index (κ2) is 8.36. The third-order valence-corrected chi connectivity index (χ3v) is 7.99. The minimum absolute atomic E-state index is 0.0236. The van der Waals surface area contributed by atoms with Crippen molar-refractivity contribution < 1.29 is 13.2 Å². The first-order valence-corrected chi connectivity index (χ1v) is 11.9. The fraction of sp³-hybridized carbons (Fsp3) is 0.375. The van der Waals surface area contributed by atoms with Crippen LogP contribution in [0.25, 0.3) is 6.08 Å². The number of amides is 1. The fourth-order valence-corrected chi connectivity index (χ4v) is 5.66. The van der Waals surface area contributed by atoms with Gasteiger partial charge >= 0.3 is 0 Å². The van der Waals surface area contributed by atoms with E-state index in [1.54, 1.807) is 28.4 Å². The summed E-state index contributed by atoms with van der Waals surface area (Å²) in [6.07, 6.45) is 4.18. The zero-order chi connectivity index (χ0) is 21.3. The molecule has 1 aliphatic heterocycles. The third kappa shape index (κ3) is 4.20. The van der Waals surface area contributed by atoms with E-state index in [-0.39, 0.29) is 5.91 Å². The quantitative estimate of drug-likeness (QED) is 0.735. The number of fused-ring (bicyclic) bond motifs is 1. The standard InChI is InChI=1S/C24H28N2O3S/c1-18-10-12-26(13-11-18)30(28,29)23-9-8-20-14-22(15-21(20)16-23)24(27)25(2)17-19-6-4-3-5-7-19/h3-9,15-16,18H,10-14,17H2,1-2H3. The molecule has 30 heavy (non-hydrogen) atoms. The fourth-order valence-electron chi connectivity index (χ4n) is 4.16. The molecule has 0 spiro atoms. The monoisotopic (exact) mass is 424 g/mol. The van der Waals surface area contributed by atoms with Crippen LogP contribution in [0.2, 0.25) is 0 Å². The Morgan fingerprint density at radius 2 is 1.80 bits per heavy atom. The van der Waals surface area contributed by atoms with Gasteiger partial charge in [-0.2, -0.15) is 4.31 Å². The van der Waals surface area contributed by atoms with E-state index in [4.69, 9.17) is 0 Å². The number of rotatable bonds is 5. The number of hydrogen-bond acceptors (Lipinski definition) is 3. The maximum Gasteiger partial charge on any atom is 0.250 e. The van der Waals surface area contributed by atoms with E-state index in [0.717, 1.165) is 29.5 Å². The van der Waals surface area contributed by atoms with Crippen molar-refractivity contribution in [2.24, 2.45) is 5.92 Å². The summed E-state index contributed by atoms with van der Waals surface area (Å²) >= 11 is 0. The highest BCUT2D eigenvalue weighted by Crippen LogP contribution is 2.30. The Kier molecular flexibility index (Phi) is 5.80. The average molecular weight is 425 g/mol. The Hall–Kier alpha value is -2.44. The minimum Gasteiger partial charge on any atom is -0.338 e. The van der Waals surface area contributed by atoms with Gasteiger partial charge in [0.25, 0.3) is 0 Å². The molecule has 6 heteroatoms. The molecule has 2 aromatic carbocycles. The molecule has 1 saturated heterocycles. The zero-order valence-corrected chi connectivity index (χ0v) is 18.4. The van der Waals surface area contributed by atoms with Crippen molar-refractivity contribution in [2.75, 3.05) is 20.1 Å². The smallest absolute Gasteiger partial charge is 0.250 e. The summed E-state index contributed by atoms with van der Waals surface area (Å²) in [4.78, 5) is 14.9. The SMILES string of the molecule is CC1CCN(S(=O)(=O)c2ccc3c(c2)C=C(C(=O)N(C)Cc2ccccc2)C3)CC1. The number of carbonyl (C=O) groups excluding carboxylic acids is 1. The molecule has 1 heterocycles. The molecule has 1 aliphatic carbocycles. The molecule has 0 bridgehead atoms. The molecule has 0 radical (unpaired) electrons. The summed E-state index contributed by atoms with van der Waals surface area (Å²) in [5.41, 5.74) is 3.61. The van der Waals surface area contributed by atoms with E-state index < -0.39 is 10.0 Å². The number of carbonyl (C=O) groups is 1. The molecule has 0 saturated carbocycles. The van der Waals surface area contributed by atoms with Crippen LogP contribution in [-0.4, -0.2) is 43.7 Å². The third-order valence-electron chi connectivity index (χ3n) is 6.09. The molecule has 0 unspecified atom stereocenters. The average Bonchev–Trinajstić information content (AvgIpc) is 3.17. The molecule has 5 nitrogen and oxygen atoms in total. The number of hydrogen-bond donors (Lipinski definition) is 0. The predicted molar refractivity (Wildman–Crippen MR) is 118 cm³/mol. The summed E-state index contributed by atoms with van der Waals surface area (Å²) in [6.45, 7) is 3.85. The van der Waals surface area contributed by atoms with Crippen molar-refractivity contribution in [1.82, 2.24) is 9.21 Å². The molecule has 1 fully saturated rings. The lowest BCUT2D eigenvalue weighted by molar-refractivity contribution is -0.126. The molecule has 1 amide bonds. The van der Waals surface area contributed by atoms with Crippen LogP contribution in [-0.2, 0) is 27.8 Å². The van der Waals surface area contributed by atoms with Gasteiger partial charge in [0, 0.05) is 38.7 Å². The Bertz CT molecular complexity index is 1070. The lowest BCUT2D eigenvalue weighted by atomic mass is 10.0. The van der Waals surface area contributed by atoms with Gasteiger partial charge in [0.15, 0.2) is 0 Å². The lowest BCUT2D eigenvalue weighted by Crippen LogP contribution is -2.37. The maximum absolute atomic E-state index is 13.1. The second-order valence-corrected chi connectivity index (χ2v) is 10.4. The number of piperidine rings is 1. The van der Waals surface area contributed by atoms with Crippen LogP contribution >= 0.6 is 0 Å². The van der Waals surface area contributed by atoms with Crippen LogP contribution in [0.3, 0.4) is 0 Å². The summed E-state index contributed by atoms with van der Waals surface area (Å²) < 4.78 is 27.7. The summed E-state index contributed by atoms with van der Waals surface area (Å²) in [5.74, 6) is 0.547. The first-order valence-electron chi connectivity index (χ1n) is 10.5. The minimum atomic E-state index is -3.49. The molecule has 0 aromatic heterocycles. The highest BCUT2D eigenvalue weighted by atomic mass is 32.2. The van der Waals surface area contributed by atoms with Gasteiger partial charge in [-0.1, -0.05) is 43.3 Å². The van der Waals surface area contributed by atoms with E-state index in [2.05, 4.69) is 6.92 Å². The van der Waals surface area contributed by atoms with E-state index in [1.165, 1.54) is 0 Å². The van der Waals surface area contributed by atoms with E-state index in [9.17, 15) is 13.2 Å². The Labute approximate surface area is 179 Å². The topological polar surface area (TPSA) is 57.7 Å². The van der Waals surface area contributed by atoms with Crippen LogP contribution in [0.15, 0.2) is 59.0 Å². The number of sulfonamides is 1. The van der Waals surface area contributed by atoms with Crippen LogP contribution < -0.4 is 0 Å². The van der Waals surface area contributed by atoms with Crippen LogP contribution in [0, 0.1) is 5.92 Å². The van der Waals surface area contributed by atoms with E-state index >= 15 is 0 Å². The molecule has 2 aliphatic rings. The van der Waals surface area contributed by atoms with Gasteiger partial charge in [-0.25, -0.2) is 8.42 Å². The van der Waals surface area contributed by atoms with Crippen molar-refractivity contribution in [1.29, 1.82) is 0 Å². The summed E-state index contributed by atoms with van der Waals surface area (Å²) in [6, 6.07) is 15.1. The van der Waals surface area contributed by atoms with Gasteiger partial charge < -0.3 is 4.90 Å². The largest absolute Gasteiger partial charge is 0.338 e. The van der Waals surface area contributed by atoms with Gasteiger partial charge in [-0.15, -0.1) is 0 Å². The number of nitrogens with zero attached hydrogens (tertiary/aromatic N) is 2. The Morgan fingerprint density at radius 1 is 1.10 bits per heavy atom. The molecule has 0 atom stereocenters. The lowest BCUT2D eigenvalue weighted by Gasteiger charge is -2.29. The first-order chi connectivity index (χ1) is 14.3. The van der Waals surface area contributed by atoms with Crippen LogP contribution in [0.5, 0.6) is 0 Å². The molecule has 2 aromatic rings. The molecular formula is C24H28N2O3S. The van der Waals surface area contributed by atoms with Crippen molar-refractivity contribution >= 4 is 22.0 Å². The van der Waals surface area contributed by atoms with Crippen LogP contribution in [0.1, 0.15) is 36.5 Å². The molecule has 4 rings (SSSR count). The van der Waals surface area contributed by atoms with Gasteiger partial charge in [0.2, 0.25) is 15.9 Å². The van der Waals surface area contributed by atoms with Crippen molar-refractivity contribution in [2.45, 2.75) is 37.6 Å². The highest BCUT2D eigenvalue weighted by Gasteiger charge is 2.29. The van der Waals surface area contributed by atoms with Gasteiger partial charge in [-0.3, -0.25) is 4.79 Å². The summed E-state index contributed by atoms with van der Waals surface area (Å²) in [7, 11) is -1.70. The van der Waals surface area contributed by atoms with Gasteiger partial charge in [-0.05, 0) is 53.7 Å². The predicted octanol–water partition coefficient (Wildman–Crippen LogP) is 3.71. The Morgan fingerprint density at radius 3 is 2.50 bits per heavy atom. The van der Waals surface area contributed by atoms with Crippen molar-refractivity contribution in [3.8, 4) is 0 Å². The molecular weight excluding hydrogens is 396 g/mol. The van der Waals surface area contributed by atoms with E-state index in [0.29, 0.717) is 42.4 Å². The van der Waals surface area contributed by atoms with Gasteiger partial charge in [0.05, 0.1) is 4.90 Å². The molecule has 0 N–H and O–H groups in total. The second-order valence-electron chi connectivity index (χ2n) is 8.44. The van der Waals surface area contributed by atoms with E-state index in [1.807, 2.05) is 42.5 Å². The molecule has 158 valence electrons. The normalized spacial score (nSPS) is 17.5. The maximum atomic E-state index is 13.1.